The van der Waals surface area contributed by atoms with Crippen LogP contribution in [0.25, 0.3) is 22.2 Å². The molecule has 6 heteroatoms. The molecule has 24 heavy (non-hydrogen) atoms. The van der Waals surface area contributed by atoms with Crippen molar-refractivity contribution < 1.29 is 9.32 Å². The number of nitrogens with zero attached hydrogens (tertiary/aromatic N) is 3. The predicted octanol–water partition coefficient (Wildman–Crippen LogP) is 3.54. The van der Waals surface area contributed by atoms with E-state index >= 15 is 0 Å². The smallest absolute Gasteiger partial charge is 0.276 e. The van der Waals surface area contributed by atoms with Gasteiger partial charge in [-0.1, -0.05) is 29.4 Å². The average molecular weight is 316 g/mol. The Morgan fingerprint density at radius 1 is 1.04 bits per heavy atom. The number of anilines is 1. The van der Waals surface area contributed by atoms with Crippen LogP contribution in [0.3, 0.4) is 0 Å². The molecule has 0 fully saturated rings. The molecule has 0 saturated carbocycles. The monoisotopic (exact) mass is 316 g/mol. The number of rotatable bonds is 3. The van der Waals surface area contributed by atoms with Gasteiger partial charge in [0.1, 0.15) is 11.4 Å². The van der Waals surface area contributed by atoms with E-state index in [9.17, 15) is 4.79 Å². The number of fused-ring (bicyclic) bond motifs is 1. The van der Waals surface area contributed by atoms with Crippen LogP contribution in [0.1, 0.15) is 10.5 Å². The minimum absolute atomic E-state index is 0.258. The maximum atomic E-state index is 12.3. The molecule has 0 atom stereocenters. The second-order valence-electron chi connectivity index (χ2n) is 5.16. The number of amides is 1. The number of benzene rings is 1. The third-order valence-corrected chi connectivity index (χ3v) is 3.54. The van der Waals surface area contributed by atoms with Crippen LogP contribution >= 0.6 is 0 Å². The topological polar surface area (TPSA) is 80.9 Å². The molecule has 0 bridgehead atoms. The number of carbonyl (C=O) groups is 1. The van der Waals surface area contributed by atoms with Crippen molar-refractivity contribution in [2.75, 3.05) is 5.32 Å². The number of hydrogen-bond donors (Lipinski definition) is 1. The van der Waals surface area contributed by atoms with Crippen molar-refractivity contribution in [3.05, 3.63) is 72.7 Å². The molecule has 1 N–H and O–H groups in total. The molecule has 116 valence electrons. The Hall–Kier alpha value is -3.54. The maximum absolute atomic E-state index is 12.3. The zero-order valence-corrected chi connectivity index (χ0v) is 12.5. The van der Waals surface area contributed by atoms with Gasteiger partial charge in [-0.3, -0.25) is 15.1 Å². The lowest BCUT2D eigenvalue weighted by Gasteiger charge is -2.02. The van der Waals surface area contributed by atoms with Crippen LogP contribution in [0.4, 0.5) is 5.88 Å². The van der Waals surface area contributed by atoms with E-state index in [-0.39, 0.29) is 11.8 Å². The SMILES string of the molecule is O=C(Nc1cc(-c2cccnc2)no1)c1ccc2ccccc2n1. The molecular weight excluding hydrogens is 304 g/mol. The summed E-state index contributed by atoms with van der Waals surface area (Å²) in [5.41, 5.74) is 2.49. The summed E-state index contributed by atoms with van der Waals surface area (Å²) in [5.74, 6) is -0.0940. The van der Waals surface area contributed by atoms with Crippen LogP contribution in [0.15, 0.2) is 71.5 Å². The highest BCUT2D eigenvalue weighted by molar-refractivity contribution is 6.03. The summed E-state index contributed by atoms with van der Waals surface area (Å²) in [7, 11) is 0. The van der Waals surface area contributed by atoms with Crippen LogP contribution in [-0.4, -0.2) is 21.0 Å². The van der Waals surface area contributed by atoms with E-state index in [0.717, 1.165) is 16.5 Å². The predicted molar refractivity (Wildman–Crippen MR) is 89.4 cm³/mol. The van der Waals surface area contributed by atoms with Crippen LogP contribution in [-0.2, 0) is 0 Å². The van der Waals surface area contributed by atoms with Crippen molar-refractivity contribution in [3.63, 3.8) is 0 Å². The van der Waals surface area contributed by atoms with Gasteiger partial charge < -0.3 is 4.52 Å². The van der Waals surface area contributed by atoms with Crippen molar-refractivity contribution >= 4 is 22.7 Å². The molecule has 1 amide bonds. The third kappa shape index (κ3) is 2.72. The van der Waals surface area contributed by atoms with Gasteiger partial charge in [0.05, 0.1) is 5.52 Å². The van der Waals surface area contributed by atoms with Gasteiger partial charge in [0.25, 0.3) is 5.91 Å². The largest absolute Gasteiger partial charge is 0.338 e. The fourth-order valence-corrected chi connectivity index (χ4v) is 2.35. The Labute approximate surface area is 137 Å². The molecule has 0 aliphatic carbocycles. The summed E-state index contributed by atoms with van der Waals surface area (Å²) in [6.07, 6.45) is 3.35. The Balaban J connectivity index is 1.56. The average Bonchev–Trinajstić information content (AvgIpc) is 3.10. The summed E-state index contributed by atoms with van der Waals surface area (Å²) in [5, 5.41) is 7.57. The molecule has 0 unspecified atom stereocenters. The Bertz CT molecular complexity index is 1010. The van der Waals surface area contributed by atoms with Crippen molar-refractivity contribution in [2.24, 2.45) is 0 Å². The lowest BCUT2D eigenvalue weighted by Crippen LogP contribution is -2.13. The van der Waals surface area contributed by atoms with Gasteiger partial charge in [-0.05, 0) is 24.3 Å². The number of para-hydroxylation sites is 1. The molecule has 0 aliphatic rings. The van der Waals surface area contributed by atoms with E-state index in [2.05, 4.69) is 20.4 Å². The summed E-state index contributed by atoms with van der Waals surface area (Å²) >= 11 is 0. The minimum Gasteiger partial charge on any atom is -0.338 e. The first kappa shape index (κ1) is 14.1. The summed E-state index contributed by atoms with van der Waals surface area (Å²) in [6, 6.07) is 16.5. The van der Waals surface area contributed by atoms with Crippen LogP contribution < -0.4 is 5.32 Å². The zero-order valence-electron chi connectivity index (χ0n) is 12.5. The van der Waals surface area contributed by atoms with Crippen molar-refractivity contribution in [1.82, 2.24) is 15.1 Å². The first-order valence-electron chi connectivity index (χ1n) is 7.34. The molecule has 4 aromatic rings. The molecule has 4 rings (SSSR count). The first-order valence-corrected chi connectivity index (χ1v) is 7.34. The van der Waals surface area contributed by atoms with E-state index in [0.29, 0.717) is 11.4 Å². The molecule has 1 aromatic carbocycles. The Kier molecular flexibility index (Phi) is 3.47. The van der Waals surface area contributed by atoms with Gasteiger partial charge in [0.2, 0.25) is 5.88 Å². The van der Waals surface area contributed by atoms with Gasteiger partial charge in [-0.25, -0.2) is 4.98 Å². The zero-order chi connectivity index (χ0) is 16.4. The molecule has 0 aliphatic heterocycles. The summed E-state index contributed by atoms with van der Waals surface area (Å²) < 4.78 is 5.16. The molecule has 3 aromatic heterocycles. The Morgan fingerprint density at radius 3 is 2.83 bits per heavy atom. The van der Waals surface area contributed by atoms with Crippen LogP contribution in [0, 0.1) is 0 Å². The molecule has 6 nitrogen and oxygen atoms in total. The highest BCUT2D eigenvalue weighted by Crippen LogP contribution is 2.21. The lowest BCUT2D eigenvalue weighted by molar-refractivity contribution is 0.101. The highest BCUT2D eigenvalue weighted by Gasteiger charge is 2.13. The second-order valence-corrected chi connectivity index (χ2v) is 5.16. The van der Waals surface area contributed by atoms with Gasteiger partial charge >= 0.3 is 0 Å². The van der Waals surface area contributed by atoms with Gasteiger partial charge in [0.15, 0.2) is 0 Å². The Morgan fingerprint density at radius 2 is 1.96 bits per heavy atom. The minimum atomic E-state index is -0.352. The first-order chi connectivity index (χ1) is 11.8. The summed E-state index contributed by atoms with van der Waals surface area (Å²) in [4.78, 5) is 20.7. The summed E-state index contributed by atoms with van der Waals surface area (Å²) in [6.45, 7) is 0. The van der Waals surface area contributed by atoms with E-state index in [1.54, 1.807) is 30.6 Å². The van der Waals surface area contributed by atoms with Crippen molar-refractivity contribution in [3.8, 4) is 11.3 Å². The number of aromatic nitrogens is 3. The van der Waals surface area contributed by atoms with E-state index in [1.807, 2.05) is 36.4 Å². The number of nitrogens with one attached hydrogen (secondary N) is 1. The lowest BCUT2D eigenvalue weighted by atomic mass is 10.2. The standard InChI is InChI=1S/C18H12N4O2/c23-18(15-8-7-12-4-1-2-6-14(12)20-15)21-17-10-16(22-24-17)13-5-3-9-19-11-13/h1-11H,(H,21,23). The number of carbonyl (C=O) groups excluding carboxylic acids is 1. The van der Waals surface area contributed by atoms with E-state index in [1.165, 1.54) is 0 Å². The van der Waals surface area contributed by atoms with Crippen molar-refractivity contribution in [2.45, 2.75) is 0 Å². The highest BCUT2D eigenvalue weighted by atomic mass is 16.5. The molecule has 0 saturated heterocycles. The molecular formula is C18H12N4O2. The van der Waals surface area contributed by atoms with Gasteiger partial charge in [0, 0.05) is 29.4 Å². The van der Waals surface area contributed by atoms with E-state index < -0.39 is 0 Å². The fraction of sp³-hybridized carbons (Fsp3) is 0. The normalized spacial score (nSPS) is 10.7. The maximum Gasteiger partial charge on any atom is 0.276 e. The third-order valence-electron chi connectivity index (χ3n) is 3.54. The molecule has 0 radical (unpaired) electrons. The number of hydrogen-bond acceptors (Lipinski definition) is 5. The van der Waals surface area contributed by atoms with Crippen molar-refractivity contribution in [1.29, 1.82) is 0 Å². The van der Waals surface area contributed by atoms with Gasteiger partial charge in [-0.15, -0.1) is 0 Å². The van der Waals surface area contributed by atoms with Crippen LogP contribution in [0.5, 0.6) is 0 Å². The fourth-order valence-electron chi connectivity index (χ4n) is 2.35. The van der Waals surface area contributed by atoms with Gasteiger partial charge in [-0.2, -0.15) is 0 Å². The van der Waals surface area contributed by atoms with E-state index in [4.69, 9.17) is 4.52 Å². The number of pyridine rings is 2. The molecule has 3 heterocycles. The molecule has 0 spiro atoms. The quantitative estimate of drug-likeness (QED) is 0.625. The van der Waals surface area contributed by atoms with Crippen LogP contribution in [0.2, 0.25) is 0 Å². The second kappa shape index (κ2) is 5.92.